The highest BCUT2D eigenvalue weighted by atomic mass is 32.1. The van der Waals surface area contributed by atoms with Crippen molar-refractivity contribution < 1.29 is 18.3 Å². The molecule has 0 unspecified atom stereocenters. The second-order valence-electron chi connectivity index (χ2n) is 1.81. The van der Waals surface area contributed by atoms with E-state index in [1.54, 1.807) is 0 Å². The lowest BCUT2D eigenvalue weighted by atomic mass is 10.4. The summed E-state index contributed by atoms with van der Waals surface area (Å²) in [5, 5.41) is 0. The molecule has 1 atom stereocenters. The van der Waals surface area contributed by atoms with Gasteiger partial charge in [-0.15, -0.1) is 0 Å². The molecular weight excluding hydrogens is 176 g/mol. The van der Waals surface area contributed by atoms with Crippen LogP contribution in [0.4, 0.5) is 8.78 Å². The molecule has 0 saturated heterocycles. The van der Waals surface area contributed by atoms with E-state index in [2.05, 4.69) is 17.4 Å². The molecule has 0 rings (SSSR count). The van der Waals surface area contributed by atoms with Gasteiger partial charge in [-0.25, -0.2) is 8.78 Å². The molecule has 2 N–H and O–H groups in total. The zero-order valence-electron chi connectivity index (χ0n) is 5.67. The first-order valence-electron chi connectivity index (χ1n) is 2.89. The quantitative estimate of drug-likeness (QED) is 0.480. The molecule has 6 heteroatoms. The van der Waals surface area contributed by atoms with E-state index in [-0.39, 0.29) is 5.75 Å². The molecule has 0 aromatic carbocycles. The molecular formula is C5H9F2NO2S. The SMILES string of the molecule is N[C@@H](CS)C(=O)OCC(F)F. The molecule has 0 saturated carbocycles. The molecule has 0 spiro atoms. The molecule has 0 aromatic rings. The summed E-state index contributed by atoms with van der Waals surface area (Å²) < 4.78 is 26.9. The van der Waals surface area contributed by atoms with Crippen LogP contribution in [0, 0.1) is 0 Å². The Kier molecular flexibility index (Phi) is 5.14. The number of nitrogens with two attached hydrogens (primary N) is 1. The van der Waals surface area contributed by atoms with Crippen LogP contribution >= 0.6 is 12.6 Å². The van der Waals surface area contributed by atoms with Gasteiger partial charge >= 0.3 is 5.97 Å². The van der Waals surface area contributed by atoms with E-state index in [1.807, 2.05) is 0 Å². The van der Waals surface area contributed by atoms with Crippen molar-refractivity contribution in [2.45, 2.75) is 12.5 Å². The van der Waals surface area contributed by atoms with Crippen molar-refractivity contribution in [1.82, 2.24) is 0 Å². The summed E-state index contributed by atoms with van der Waals surface area (Å²) in [6, 6.07) is -0.919. The highest BCUT2D eigenvalue weighted by Crippen LogP contribution is 1.95. The van der Waals surface area contributed by atoms with Crippen LogP contribution in [0.1, 0.15) is 0 Å². The van der Waals surface area contributed by atoms with E-state index in [0.717, 1.165) is 0 Å². The fourth-order valence-electron chi connectivity index (χ4n) is 0.327. The molecule has 0 amide bonds. The minimum atomic E-state index is -2.65. The maximum atomic E-state index is 11.4. The minimum Gasteiger partial charge on any atom is -0.458 e. The Morgan fingerprint density at radius 2 is 2.18 bits per heavy atom. The Morgan fingerprint density at radius 1 is 1.64 bits per heavy atom. The molecule has 0 fully saturated rings. The summed E-state index contributed by atoms with van der Waals surface area (Å²) in [4.78, 5) is 10.5. The third-order valence-corrected chi connectivity index (χ3v) is 1.24. The largest absolute Gasteiger partial charge is 0.458 e. The van der Waals surface area contributed by atoms with Crippen LogP contribution in [0.15, 0.2) is 0 Å². The van der Waals surface area contributed by atoms with Gasteiger partial charge in [0.25, 0.3) is 6.43 Å². The maximum absolute atomic E-state index is 11.4. The summed E-state index contributed by atoms with van der Waals surface area (Å²) in [6.07, 6.45) is -2.65. The monoisotopic (exact) mass is 185 g/mol. The van der Waals surface area contributed by atoms with Crippen molar-refractivity contribution in [3.63, 3.8) is 0 Å². The first-order valence-corrected chi connectivity index (χ1v) is 3.52. The fourth-order valence-corrected chi connectivity index (χ4v) is 0.476. The number of rotatable bonds is 4. The van der Waals surface area contributed by atoms with Gasteiger partial charge in [0.15, 0.2) is 6.61 Å². The van der Waals surface area contributed by atoms with Crippen LogP contribution in [0.25, 0.3) is 0 Å². The number of alkyl halides is 2. The van der Waals surface area contributed by atoms with Gasteiger partial charge in [0, 0.05) is 5.75 Å². The van der Waals surface area contributed by atoms with Crippen LogP contribution in [-0.4, -0.2) is 30.8 Å². The molecule has 11 heavy (non-hydrogen) atoms. The number of carbonyl (C=O) groups excluding carboxylic acids is 1. The molecule has 0 heterocycles. The molecule has 66 valence electrons. The highest BCUT2D eigenvalue weighted by Gasteiger charge is 2.14. The van der Waals surface area contributed by atoms with Gasteiger partial charge in [-0.2, -0.15) is 12.6 Å². The average molecular weight is 185 g/mol. The van der Waals surface area contributed by atoms with Crippen molar-refractivity contribution in [1.29, 1.82) is 0 Å². The fraction of sp³-hybridized carbons (Fsp3) is 0.800. The summed E-state index contributed by atoms with van der Waals surface area (Å²) in [5.74, 6) is -0.762. The minimum absolute atomic E-state index is 0.0854. The predicted octanol–water partition coefficient (Wildman–Crippen LogP) is 0.0518. The Labute approximate surface area is 68.3 Å². The van der Waals surface area contributed by atoms with Crippen LogP contribution in [0.5, 0.6) is 0 Å². The lowest BCUT2D eigenvalue weighted by molar-refractivity contribution is -0.148. The van der Waals surface area contributed by atoms with Crippen LogP contribution in [0.3, 0.4) is 0 Å². The molecule has 0 aliphatic carbocycles. The normalized spacial score (nSPS) is 13.2. The van der Waals surface area contributed by atoms with Crippen LogP contribution < -0.4 is 5.73 Å². The second-order valence-corrected chi connectivity index (χ2v) is 2.18. The van der Waals surface area contributed by atoms with E-state index in [4.69, 9.17) is 5.73 Å². The lowest BCUT2D eigenvalue weighted by Crippen LogP contribution is -2.34. The van der Waals surface area contributed by atoms with Crippen molar-refractivity contribution in [2.75, 3.05) is 12.4 Å². The summed E-state index contributed by atoms with van der Waals surface area (Å²) in [5.41, 5.74) is 5.11. The Bertz CT molecular complexity index is 134. The van der Waals surface area contributed by atoms with Crippen molar-refractivity contribution >= 4 is 18.6 Å². The number of halogens is 2. The molecule has 0 bridgehead atoms. The predicted molar refractivity (Wildman–Crippen MR) is 38.8 cm³/mol. The zero-order chi connectivity index (χ0) is 8.85. The number of hydrogen-bond donors (Lipinski definition) is 2. The number of ether oxygens (including phenoxy) is 1. The first kappa shape index (κ1) is 10.6. The van der Waals surface area contributed by atoms with Crippen LogP contribution in [-0.2, 0) is 9.53 Å². The Morgan fingerprint density at radius 3 is 2.55 bits per heavy atom. The van der Waals surface area contributed by atoms with E-state index in [1.165, 1.54) is 0 Å². The molecule has 0 radical (unpaired) electrons. The second kappa shape index (κ2) is 5.31. The van der Waals surface area contributed by atoms with E-state index < -0.39 is 25.0 Å². The topological polar surface area (TPSA) is 52.3 Å². The number of carbonyl (C=O) groups is 1. The zero-order valence-corrected chi connectivity index (χ0v) is 6.56. The number of esters is 1. The molecule has 3 nitrogen and oxygen atoms in total. The van der Waals surface area contributed by atoms with Gasteiger partial charge in [-0.3, -0.25) is 4.79 Å². The van der Waals surface area contributed by atoms with Crippen molar-refractivity contribution in [3.8, 4) is 0 Å². The molecule has 0 aromatic heterocycles. The van der Waals surface area contributed by atoms with Gasteiger partial charge in [-0.1, -0.05) is 0 Å². The maximum Gasteiger partial charge on any atom is 0.323 e. The van der Waals surface area contributed by atoms with Gasteiger partial charge in [0.05, 0.1) is 0 Å². The average Bonchev–Trinajstić information content (AvgIpc) is 1.98. The van der Waals surface area contributed by atoms with Gasteiger partial charge in [0.1, 0.15) is 6.04 Å². The number of hydrogen-bond acceptors (Lipinski definition) is 4. The third-order valence-electron chi connectivity index (χ3n) is 0.851. The Hall–Kier alpha value is -0.360. The standard InChI is InChI=1S/C5H9F2NO2S/c6-4(7)1-10-5(9)3(8)2-11/h3-4,11H,1-2,8H2/t3-/m0/s1. The van der Waals surface area contributed by atoms with E-state index in [0.29, 0.717) is 0 Å². The van der Waals surface area contributed by atoms with Crippen molar-refractivity contribution in [2.24, 2.45) is 5.73 Å². The van der Waals surface area contributed by atoms with Gasteiger partial charge in [-0.05, 0) is 0 Å². The van der Waals surface area contributed by atoms with Gasteiger partial charge < -0.3 is 10.5 Å². The number of thiol groups is 1. The third kappa shape index (κ3) is 4.97. The summed E-state index contributed by atoms with van der Waals surface area (Å²) in [6.45, 7) is -0.902. The molecule has 0 aliphatic rings. The van der Waals surface area contributed by atoms with Crippen LogP contribution in [0.2, 0.25) is 0 Å². The molecule has 0 aliphatic heterocycles. The lowest BCUT2D eigenvalue weighted by Gasteiger charge is -2.07. The Balaban J connectivity index is 3.52. The van der Waals surface area contributed by atoms with E-state index in [9.17, 15) is 13.6 Å². The van der Waals surface area contributed by atoms with Crippen molar-refractivity contribution in [3.05, 3.63) is 0 Å². The highest BCUT2D eigenvalue weighted by molar-refractivity contribution is 7.80. The smallest absolute Gasteiger partial charge is 0.323 e. The van der Waals surface area contributed by atoms with E-state index >= 15 is 0 Å². The summed E-state index contributed by atoms with van der Waals surface area (Å²) >= 11 is 3.69. The summed E-state index contributed by atoms with van der Waals surface area (Å²) in [7, 11) is 0. The first-order chi connectivity index (χ1) is 5.07. The van der Waals surface area contributed by atoms with Gasteiger partial charge in [0.2, 0.25) is 0 Å².